The van der Waals surface area contributed by atoms with Crippen LogP contribution in [0.25, 0.3) is 0 Å². The van der Waals surface area contributed by atoms with E-state index in [0.29, 0.717) is 25.3 Å². The van der Waals surface area contributed by atoms with Crippen molar-refractivity contribution in [1.29, 1.82) is 0 Å². The average Bonchev–Trinajstić information content (AvgIpc) is 2.87. The number of hydrogen-bond acceptors (Lipinski definition) is 5. The Labute approximate surface area is 150 Å². The topological polar surface area (TPSA) is 66.9 Å². The second-order valence-electron chi connectivity index (χ2n) is 6.94. The summed E-state index contributed by atoms with van der Waals surface area (Å²) in [7, 11) is 2.44. The quantitative estimate of drug-likeness (QED) is 0.722. The number of likely N-dealkylation sites (N-methyl/N-ethyl adjacent to an activating group) is 1. The van der Waals surface area contributed by atoms with Crippen molar-refractivity contribution in [2.75, 3.05) is 45.8 Å². The van der Waals surface area contributed by atoms with E-state index in [-0.39, 0.29) is 29.9 Å². The predicted octanol–water partition coefficient (Wildman–Crippen LogP) is 1.12. The van der Waals surface area contributed by atoms with Gasteiger partial charge in [0, 0.05) is 24.7 Å². The molecule has 7 heteroatoms. The second-order valence-corrected chi connectivity index (χ2v) is 9.17. The largest absolute Gasteiger partial charge is 0.496 e. The Balaban J connectivity index is 2.19. The van der Waals surface area contributed by atoms with E-state index in [4.69, 9.17) is 4.74 Å². The van der Waals surface area contributed by atoms with E-state index in [1.165, 1.54) is 0 Å². The van der Waals surface area contributed by atoms with Crippen LogP contribution in [0.4, 0.5) is 0 Å². The summed E-state index contributed by atoms with van der Waals surface area (Å²) in [4.78, 5) is 16.7. The van der Waals surface area contributed by atoms with Gasteiger partial charge in [0.15, 0.2) is 9.84 Å². The van der Waals surface area contributed by atoms with Crippen LogP contribution in [0, 0.1) is 6.92 Å². The van der Waals surface area contributed by atoms with Crippen LogP contribution < -0.4 is 4.74 Å². The Morgan fingerprint density at radius 1 is 1.28 bits per heavy atom. The van der Waals surface area contributed by atoms with Crippen LogP contribution in [0.3, 0.4) is 0 Å². The first-order chi connectivity index (χ1) is 11.7. The number of carbonyl (C=O) groups is 1. The lowest BCUT2D eigenvalue weighted by Gasteiger charge is -2.30. The van der Waals surface area contributed by atoms with Crippen LogP contribution in [0.2, 0.25) is 0 Å². The van der Waals surface area contributed by atoms with Crippen LogP contribution in [0.15, 0.2) is 18.2 Å². The van der Waals surface area contributed by atoms with Gasteiger partial charge >= 0.3 is 0 Å². The molecule has 1 aliphatic heterocycles. The number of aryl methyl sites for hydroxylation is 1. The zero-order valence-electron chi connectivity index (χ0n) is 15.5. The molecule has 1 amide bonds. The Bertz CT molecular complexity index is 716. The fourth-order valence-corrected chi connectivity index (χ4v) is 4.88. The Morgan fingerprint density at radius 2 is 2.00 bits per heavy atom. The van der Waals surface area contributed by atoms with Crippen molar-refractivity contribution in [2.45, 2.75) is 25.8 Å². The highest BCUT2D eigenvalue weighted by Gasteiger charge is 2.34. The lowest BCUT2D eigenvalue weighted by Crippen LogP contribution is -2.45. The molecule has 1 heterocycles. The molecule has 0 aromatic heterocycles. The van der Waals surface area contributed by atoms with Gasteiger partial charge in [-0.25, -0.2) is 8.42 Å². The Hall–Kier alpha value is -1.60. The molecule has 25 heavy (non-hydrogen) atoms. The maximum Gasteiger partial charge on any atom is 0.227 e. The Kier molecular flexibility index (Phi) is 6.46. The van der Waals surface area contributed by atoms with Crippen molar-refractivity contribution in [3.05, 3.63) is 29.3 Å². The van der Waals surface area contributed by atoms with Gasteiger partial charge < -0.3 is 14.5 Å². The monoisotopic (exact) mass is 368 g/mol. The highest BCUT2D eigenvalue weighted by molar-refractivity contribution is 7.91. The van der Waals surface area contributed by atoms with Gasteiger partial charge in [-0.15, -0.1) is 0 Å². The number of nitrogens with zero attached hydrogens (tertiary/aromatic N) is 2. The highest BCUT2D eigenvalue weighted by Crippen LogP contribution is 2.23. The molecule has 1 saturated heterocycles. The standard InChI is InChI=1S/C18H28N2O4S/c1-14-5-6-17(24-4)15(11-14)12-18(21)20(9-8-19(2)3)16-7-10-25(22,23)13-16/h5-6,11,16H,7-10,12-13H2,1-4H3/t16-/m0/s1. The predicted molar refractivity (Wildman–Crippen MR) is 98.8 cm³/mol. The van der Waals surface area contributed by atoms with E-state index < -0.39 is 9.84 Å². The zero-order valence-corrected chi connectivity index (χ0v) is 16.3. The first-order valence-electron chi connectivity index (χ1n) is 8.50. The average molecular weight is 368 g/mol. The minimum atomic E-state index is -3.04. The molecule has 1 aromatic rings. The van der Waals surface area contributed by atoms with Crippen molar-refractivity contribution in [3.8, 4) is 5.75 Å². The SMILES string of the molecule is COc1ccc(C)cc1CC(=O)N(CCN(C)C)[C@H]1CCS(=O)(=O)C1. The first kappa shape index (κ1) is 19.7. The van der Waals surface area contributed by atoms with Gasteiger partial charge in [-0.2, -0.15) is 0 Å². The lowest BCUT2D eigenvalue weighted by molar-refractivity contribution is -0.132. The summed E-state index contributed by atoms with van der Waals surface area (Å²) in [5.74, 6) is 0.868. The molecular weight excluding hydrogens is 340 g/mol. The normalized spacial score (nSPS) is 19.2. The van der Waals surface area contributed by atoms with Gasteiger partial charge in [0.05, 0.1) is 25.0 Å². The molecule has 1 aromatic carbocycles. The molecule has 0 saturated carbocycles. The van der Waals surface area contributed by atoms with Crippen LogP contribution >= 0.6 is 0 Å². The molecule has 6 nitrogen and oxygen atoms in total. The molecule has 0 N–H and O–H groups in total. The van der Waals surface area contributed by atoms with E-state index >= 15 is 0 Å². The summed E-state index contributed by atoms with van der Waals surface area (Å²) >= 11 is 0. The number of rotatable bonds is 7. The maximum absolute atomic E-state index is 13.0. The van der Waals surface area contributed by atoms with Crippen LogP contribution in [0.1, 0.15) is 17.5 Å². The summed E-state index contributed by atoms with van der Waals surface area (Å²) in [5, 5.41) is 0. The number of sulfone groups is 1. The van der Waals surface area contributed by atoms with Crippen molar-refractivity contribution in [1.82, 2.24) is 9.80 Å². The number of hydrogen-bond donors (Lipinski definition) is 0. The van der Waals surface area contributed by atoms with Crippen LogP contribution in [0.5, 0.6) is 5.75 Å². The molecular formula is C18H28N2O4S. The van der Waals surface area contributed by atoms with Gasteiger partial charge in [-0.3, -0.25) is 4.79 Å². The van der Waals surface area contributed by atoms with Gasteiger partial charge in [0.1, 0.15) is 5.75 Å². The third kappa shape index (κ3) is 5.44. The number of amides is 1. The molecule has 1 fully saturated rings. The third-order valence-corrected chi connectivity index (χ3v) is 6.29. The Morgan fingerprint density at radius 3 is 2.56 bits per heavy atom. The summed E-state index contributed by atoms with van der Waals surface area (Å²) < 4.78 is 29.0. The van der Waals surface area contributed by atoms with Crippen molar-refractivity contribution in [2.24, 2.45) is 0 Å². The number of benzene rings is 1. The van der Waals surface area contributed by atoms with Crippen LogP contribution in [-0.4, -0.2) is 76.0 Å². The highest BCUT2D eigenvalue weighted by atomic mass is 32.2. The number of carbonyl (C=O) groups excluding carboxylic acids is 1. The summed E-state index contributed by atoms with van der Waals surface area (Å²) in [6.45, 7) is 3.20. The molecule has 0 radical (unpaired) electrons. The van der Waals surface area contributed by atoms with Gasteiger partial charge in [0.2, 0.25) is 5.91 Å². The van der Waals surface area contributed by atoms with E-state index in [0.717, 1.165) is 11.1 Å². The maximum atomic E-state index is 13.0. The second kappa shape index (κ2) is 8.19. The zero-order chi connectivity index (χ0) is 18.6. The molecule has 1 aliphatic rings. The van der Waals surface area contributed by atoms with Gasteiger partial charge in [-0.05, 0) is 33.5 Å². The molecule has 1 atom stereocenters. The molecule has 0 unspecified atom stereocenters. The van der Waals surface area contributed by atoms with Crippen molar-refractivity contribution in [3.63, 3.8) is 0 Å². The molecule has 0 bridgehead atoms. The van der Waals surface area contributed by atoms with Gasteiger partial charge in [0.25, 0.3) is 0 Å². The van der Waals surface area contributed by atoms with E-state index in [9.17, 15) is 13.2 Å². The number of ether oxygens (including phenoxy) is 1. The van der Waals surface area contributed by atoms with Crippen molar-refractivity contribution >= 4 is 15.7 Å². The van der Waals surface area contributed by atoms with Crippen LogP contribution in [-0.2, 0) is 21.1 Å². The fraction of sp³-hybridized carbons (Fsp3) is 0.611. The van der Waals surface area contributed by atoms with Crippen molar-refractivity contribution < 1.29 is 17.9 Å². The van der Waals surface area contributed by atoms with Gasteiger partial charge in [-0.1, -0.05) is 17.7 Å². The van der Waals surface area contributed by atoms with E-state index in [1.807, 2.05) is 44.1 Å². The minimum absolute atomic E-state index is 0.0483. The first-order valence-corrected chi connectivity index (χ1v) is 10.3. The molecule has 0 spiro atoms. The fourth-order valence-electron chi connectivity index (χ4n) is 3.15. The number of methoxy groups -OCH3 is 1. The molecule has 0 aliphatic carbocycles. The minimum Gasteiger partial charge on any atom is -0.496 e. The third-order valence-electron chi connectivity index (χ3n) is 4.54. The van der Waals surface area contributed by atoms with E-state index in [1.54, 1.807) is 12.0 Å². The summed E-state index contributed by atoms with van der Waals surface area (Å²) in [6, 6.07) is 5.53. The molecule has 140 valence electrons. The van der Waals surface area contributed by atoms with E-state index in [2.05, 4.69) is 0 Å². The lowest BCUT2D eigenvalue weighted by atomic mass is 10.1. The summed E-state index contributed by atoms with van der Waals surface area (Å²) in [5.41, 5.74) is 1.90. The molecule has 2 rings (SSSR count). The summed E-state index contributed by atoms with van der Waals surface area (Å²) in [6.07, 6.45) is 0.737. The smallest absolute Gasteiger partial charge is 0.227 e.